The molecule has 0 aromatic heterocycles. The second-order valence-corrected chi connectivity index (χ2v) is 16.5. The monoisotopic (exact) mass is 648 g/mol. The number of nitrogens with two attached hydrogens (primary N) is 1. The van der Waals surface area contributed by atoms with Crippen LogP contribution in [0.4, 0.5) is 5.69 Å². The Morgan fingerprint density at radius 3 is 2.77 bits per heavy atom. The standard InChI is InChI=1S/C33H45ClN2O5S2/c1-23(2)20-40-32(37)25-8-12-30-29(18-25)36(19-26-9-13-31(26)42-15-4-3-5-16-43(35,38)39)21-33(22-41-30)14-6-7-24-17-27(34)10-11-28(24)33/h8,10-12,17-18,23,26,31H,3-7,9,13-16,19-22H2,1-2H3,(H2,35,38,39)/t26-,31+,33-/m0/s1. The highest BCUT2D eigenvalue weighted by molar-refractivity contribution is 7.99. The fourth-order valence-corrected chi connectivity index (χ4v) is 8.91. The molecule has 2 aliphatic carbocycles. The van der Waals surface area contributed by atoms with Gasteiger partial charge in [0, 0.05) is 28.8 Å². The molecule has 0 bridgehead atoms. The van der Waals surface area contributed by atoms with E-state index in [9.17, 15) is 13.2 Å². The number of anilines is 1. The Morgan fingerprint density at radius 2 is 2.02 bits per heavy atom. The molecule has 2 N–H and O–H groups in total. The van der Waals surface area contributed by atoms with Gasteiger partial charge in [0.1, 0.15) is 5.75 Å². The Bertz CT molecular complexity index is 1400. The van der Waals surface area contributed by atoms with E-state index in [0.717, 1.165) is 67.4 Å². The smallest absolute Gasteiger partial charge is 0.338 e. The van der Waals surface area contributed by atoms with Crippen molar-refractivity contribution in [1.29, 1.82) is 0 Å². The maximum Gasteiger partial charge on any atom is 0.338 e. The van der Waals surface area contributed by atoms with E-state index in [0.29, 0.717) is 36.4 Å². The van der Waals surface area contributed by atoms with Crippen molar-refractivity contribution >= 4 is 45.0 Å². The van der Waals surface area contributed by atoms with Crippen LogP contribution in [0.15, 0.2) is 36.4 Å². The summed E-state index contributed by atoms with van der Waals surface area (Å²) in [6, 6.07) is 12.0. The number of thioether (sulfide) groups is 1. The number of esters is 1. The second-order valence-electron chi connectivity index (χ2n) is 13.0. The van der Waals surface area contributed by atoms with Crippen LogP contribution in [0.3, 0.4) is 0 Å². The number of primary sulfonamides is 1. The molecular formula is C33H45ClN2O5S2. The lowest BCUT2D eigenvalue weighted by atomic mass is 9.70. The third-order valence-corrected chi connectivity index (χ3v) is 11.7. The number of sulfonamides is 1. The van der Waals surface area contributed by atoms with Crippen LogP contribution in [0.25, 0.3) is 0 Å². The Hall–Kier alpha value is -1.94. The zero-order chi connectivity index (χ0) is 30.6. The number of halogens is 1. The molecule has 7 nitrogen and oxygen atoms in total. The molecule has 1 saturated carbocycles. The Labute approximate surface area is 266 Å². The van der Waals surface area contributed by atoms with Crippen molar-refractivity contribution in [3.05, 3.63) is 58.1 Å². The molecule has 43 heavy (non-hydrogen) atoms. The summed E-state index contributed by atoms with van der Waals surface area (Å²) >= 11 is 8.42. The zero-order valence-electron chi connectivity index (χ0n) is 25.4. The largest absolute Gasteiger partial charge is 0.490 e. The van der Waals surface area contributed by atoms with Gasteiger partial charge in [0.25, 0.3) is 0 Å². The van der Waals surface area contributed by atoms with Gasteiger partial charge in [-0.3, -0.25) is 0 Å². The van der Waals surface area contributed by atoms with E-state index in [1.807, 2.05) is 49.9 Å². The molecule has 3 atom stereocenters. The molecule has 1 fully saturated rings. The van der Waals surface area contributed by atoms with E-state index >= 15 is 0 Å². The van der Waals surface area contributed by atoms with Gasteiger partial charge in [0.05, 0.1) is 30.2 Å². The first-order chi connectivity index (χ1) is 20.5. The number of hydrogen-bond donors (Lipinski definition) is 1. The summed E-state index contributed by atoms with van der Waals surface area (Å²) in [4.78, 5) is 15.5. The van der Waals surface area contributed by atoms with E-state index in [-0.39, 0.29) is 23.1 Å². The maximum absolute atomic E-state index is 13.0. The fourth-order valence-electron chi connectivity index (χ4n) is 6.63. The van der Waals surface area contributed by atoms with Gasteiger partial charge in [-0.2, -0.15) is 11.8 Å². The first kappa shape index (κ1) is 32.5. The van der Waals surface area contributed by atoms with Crippen molar-refractivity contribution in [2.75, 3.05) is 42.7 Å². The van der Waals surface area contributed by atoms with E-state index in [2.05, 4.69) is 17.0 Å². The number of hydrogen-bond acceptors (Lipinski definition) is 7. The summed E-state index contributed by atoms with van der Waals surface area (Å²) < 4.78 is 34.6. The van der Waals surface area contributed by atoms with Gasteiger partial charge < -0.3 is 14.4 Å². The maximum atomic E-state index is 13.0. The lowest BCUT2D eigenvalue weighted by Crippen LogP contribution is -2.49. The molecule has 0 radical (unpaired) electrons. The number of aryl methyl sites for hydroxylation is 1. The molecule has 236 valence electrons. The molecule has 2 aromatic carbocycles. The van der Waals surface area contributed by atoms with Gasteiger partial charge in [0.2, 0.25) is 10.0 Å². The number of benzene rings is 2. The lowest BCUT2D eigenvalue weighted by molar-refractivity contribution is 0.0459. The number of rotatable bonds is 12. The predicted molar refractivity (Wildman–Crippen MR) is 176 cm³/mol. The molecule has 2 aromatic rings. The van der Waals surface area contributed by atoms with Crippen LogP contribution in [0.5, 0.6) is 5.75 Å². The highest BCUT2D eigenvalue weighted by atomic mass is 35.5. The predicted octanol–water partition coefficient (Wildman–Crippen LogP) is 6.60. The summed E-state index contributed by atoms with van der Waals surface area (Å²) in [5.74, 6) is 2.40. The molecule has 1 aliphatic heterocycles. The minimum Gasteiger partial charge on any atom is -0.490 e. The van der Waals surface area contributed by atoms with Gasteiger partial charge in [0.15, 0.2) is 0 Å². The minimum atomic E-state index is -3.38. The van der Waals surface area contributed by atoms with Gasteiger partial charge in [-0.1, -0.05) is 37.9 Å². The highest BCUT2D eigenvalue weighted by Gasteiger charge is 2.43. The zero-order valence-corrected chi connectivity index (χ0v) is 27.7. The Kier molecular flexibility index (Phi) is 10.6. The summed E-state index contributed by atoms with van der Waals surface area (Å²) in [6.45, 7) is 6.76. The van der Waals surface area contributed by atoms with Gasteiger partial charge >= 0.3 is 5.97 Å². The average Bonchev–Trinajstić information content (AvgIpc) is 3.09. The molecule has 1 spiro atoms. The molecule has 10 heteroatoms. The van der Waals surface area contributed by atoms with Gasteiger partial charge in [-0.15, -0.1) is 0 Å². The number of fused-ring (bicyclic) bond motifs is 3. The molecule has 0 saturated heterocycles. The van der Waals surface area contributed by atoms with Crippen molar-refractivity contribution in [1.82, 2.24) is 0 Å². The molecule has 0 unspecified atom stereocenters. The van der Waals surface area contributed by atoms with Gasteiger partial charge in [-0.25, -0.2) is 18.4 Å². The van der Waals surface area contributed by atoms with E-state index < -0.39 is 10.0 Å². The third-order valence-electron chi connectivity index (χ3n) is 9.03. The van der Waals surface area contributed by atoms with E-state index in [4.69, 9.17) is 26.2 Å². The van der Waals surface area contributed by atoms with E-state index in [1.54, 1.807) is 0 Å². The molecule has 0 amide bonds. The van der Waals surface area contributed by atoms with Crippen molar-refractivity contribution in [2.45, 2.75) is 75.9 Å². The Balaban J connectivity index is 1.35. The summed E-state index contributed by atoms with van der Waals surface area (Å²) in [6.07, 6.45) is 8.00. The topological polar surface area (TPSA) is 98.9 Å². The molecule has 1 heterocycles. The lowest BCUT2D eigenvalue weighted by Gasteiger charge is -2.44. The van der Waals surface area contributed by atoms with Crippen molar-refractivity contribution in [3.63, 3.8) is 0 Å². The molecule has 3 aliphatic rings. The first-order valence-corrected chi connectivity index (χ1v) is 18.8. The van der Waals surface area contributed by atoms with Crippen LogP contribution in [-0.2, 0) is 26.6 Å². The number of carbonyl (C=O) groups excluding carboxylic acids is 1. The Morgan fingerprint density at radius 1 is 1.19 bits per heavy atom. The number of nitrogens with zero attached hydrogens (tertiary/aromatic N) is 1. The SMILES string of the molecule is CC(C)COC(=O)c1ccc2c(c1)N(C[C@@H]1CC[C@H]1SCCCCCS(N)(=O)=O)C[C@@]1(CCCc3cc(Cl)ccc31)CO2. The van der Waals surface area contributed by atoms with Crippen LogP contribution in [0, 0.1) is 11.8 Å². The van der Waals surface area contributed by atoms with Crippen LogP contribution in [0.2, 0.25) is 5.02 Å². The number of carbonyl (C=O) groups is 1. The third kappa shape index (κ3) is 8.21. The summed E-state index contributed by atoms with van der Waals surface area (Å²) in [5, 5.41) is 6.48. The average molecular weight is 649 g/mol. The fraction of sp³-hybridized carbons (Fsp3) is 0.606. The van der Waals surface area contributed by atoms with Crippen molar-refractivity contribution < 1.29 is 22.7 Å². The summed E-state index contributed by atoms with van der Waals surface area (Å²) in [5.41, 5.74) is 4.00. The quantitative estimate of drug-likeness (QED) is 0.205. The van der Waals surface area contributed by atoms with Gasteiger partial charge in [-0.05, 0) is 104 Å². The van der Waals surface area contributed by atoms with Crippen molar-refractivity contribution in [2.24, 2.45) is 17.0 Å². The highest BCUT2D eigenvalue weighted by Crippen LogP contribution is 2.46. The normalized spacial score (nSPS) is 23.2. The molecular weight excluding hydrogens is 604 g/mol. The van der Waals surface area contributed by atoms with Crippen LogP contribution < -0.4 is 14.8 Å². The first-order valence-electron chi connectivity index (χ1n) is 15.6. The second kappa shape index (κ2) is 14.0. The number of ether oxygens (including phenoxy) is 2. The molecule has 5 rings (SSSR count). The minimum absolute atomic E-state index is 0.0598. The number of unbranched alkanes of at least 4 members (excludes halogenated alkanes) is 2. The summed E-state index contributed by atoms with van der Waals surface area (Å²) in [7, 11) is -3.38. The van der Waals surface area contributed by atoms with Crippen LogP contribution in [-0.4, -0.2) is 57.4 Å². The van der Waals surface area contributed by atoms with Crippen LogP contribution >= 0.6 is 23.4 Å². The van der Waals surface area contributed by atoms with Crippen LogP contribution in [0.1, 0.15) is 80.3 Å². The van der Waals surface area contributed by atoms with Crippen molar-refractivity contribution in [3.8, 4) is 5.75 Å². The van der Waals surface area contributed by atoms with E-state index in [1.165, 1.54) is 24.0 Å².